The highest BCUT2D eigenvalue weighted by atomic mass is 16.6. The number of H-pyrrole nitrogens is 2. The van der Waals surface area contributed by atoms with E-state index >= 15 is 0 Å². The summed E-state index contributed by atoms with van der Waals surface area (Å²) in [7, 11) is 6.11. The topological polar surface area (TPSA) is 215 Å². The van der Waals surface area contributed by atoms with Gasteiger partial charge in [0.2, 0.25) is 5.91 Å². The molecule has 426 valence electrons. The zero-order valence-corrected chi connectivity index (χ0v) is 47.7. The quantitative estimate of drug-likeness (QED) is 0.0505. The predicted molar refractivity (Wildman–Crippen MR) is 300 cm³/mol. The largest absolute Gasteiger partial charge is 0.453 e. The van der Waals surface area contributed by atoms with Gasteiger partial charge in [0.1, 0.15) is 29.9 Å². The average Bonchev–Trinajstić information content (AvgIpc) is 4.50. The molecule has 3 aromatic carbocycles. The number of imidazole rings is 2. The van der Waals surface area contributed by atoms with Gasteiger partial charge in [-0.15, -0.1) is 0 Å². The number of hydrogen-bond donors (Lipinski definition) is 4. The molecule has 0 bridgehead atoms. The van der Waals surface area contributed by atoms with Crippen molar-refractivity contribution < 1.29 is 47.6 Å². The summed E-state index contributed by atoms with van der Waals surface area (Å²) in [6, 6.07) is 23.8. The summed E-state index contributed by atoms with van der Waals surface area (Å²) in [6.45, 7) is 16.7. The van der Waals surface area contributed by atoms with Gasteiger partial charge in [-0.05, 0) is 82.9 Å². The van der Waals surface area contributed by atoms with Gasteiger partial charge in [0, 0.05) is 40.0 Å². The smallest absolute Gasteiger partial charge is 0.407 e. The van der Waals surface area contributed by atoms with Crippen molar-refractivity contribution >= 4 is 29.7 Å². The lowest BCUT2D eigenvalue weighted by Gasteiger charge is -2.34. The summed E-state index contributed by atoms with van der Waals surface area (Å²) < 4.78 is 35.4. The zero-order valence-electron chi connectivity index (χ0n) is 47.7. The van der Waals surface area contributed by atoms with Crippen molar-refractivity contribution in [3.63, 3.8) is 0 Å². The monoisotopic (exact) mass is 1090 g/mol. The second kappa shape index (κ2) is 26.0. The normalized spacial score (nSPS) is 21.2. The number of ether oxygens (including phenoxy) is 6. The van der Waals surface area contributed by atoms with Crippen LogP contribution in [0.25, 0.3) is 22.5 Å². The van der Waals surface area contributed by atoms with Crippen LogP contribution in [0.4, 0.5) is 15.3 Å². The molecule has 4 N–H and O–H groups in total. The van der Waals surface area contributed by atoms with E-state index in [4.69, 9.17) is 38.4 Å². The maximum absolute atomic E-state index is 13.9. The van der Waals surface area contributed by atoms with Crippen molar-refractivity contribution in [2.24, 2.45) is 11.8 Å². The van der Waals surface area contributed by atoms with Gasteiger partial charge < -0.3 is 63.7 Å². The van der Waals surface area contributed by atoms with E-state index < -0.39 is 36.5 Å². The molecule has 3 fully saturated rings. The molecule has 0 radical (unpaired) electrons. The van der Waals surface area contributed by atoms with Crippen molar-refractivity contribution in [1.29, 1.82) is 0 Å². The minimum Gasteiger partial charge on any atom is -0.453 e. The molecule has 3 saturated heterocycles. The van der Waals surface area contributed by atoms with Crippen molar-refractivity contribution in [1.82, 2.24) is 40.4 Å². The van der Waals surface area contributed by atoms with E-state index in [1.165, 1.54) is 19.7 Å². The van der Waals surface area contributed by atoms with Gasteiger partial charge in [-0.25, -0.2) is 19.6 Å². The SMILES string of the molecule is CNC(=O)O[C@H](C(=O)N1CCC[C@H]1c1ncc(-c2ccc([C@H]3[C@@H](OCCOC)[C@H](OCCOC)[C@H](c4ccc(-c5cnc([C@@H]6CCCN6C(=O)[C@@H](NC(=O)OC)C(C)C)[nH]5)cc4)N3c3ccc(C(C)(C)C)cc3)cc2)[nH]1)C(C)C. The van der Waals surface area contributed by atoms with Crippen LogP contribution in [0.2, 0.25) is 0 Å². The highest BCUT2D eigenvalue weighted by molar-refractivity contribution is 5.86. The molecule has 3 aliphatic rings. The van der Waals surface area contributed by atoms with E-state index in [0.717, 1.165) is 65.0 Å². The highest BCUT2D eigenvalue weighted by Gasteiger charge is 2.52. The number of carbonyl (C=O) groups is 4. The minimum absolute atomic E-state index is 0.0717. The summed E-state index contributed by atoms with van der Waals surface area (Å²) in [4.78, 5) is 75.0. The van der Waals surface area contributed by atoms with Gasteiger partial charge in [-0.2, -0.15) is 0 Å². The van der Waals surface area contributed by atoms with Crippen LogP contribution >= 0.6 is 0 Å². The molecule has 5 heterocycles. The molecule has 8 atom stereocenters. The number of aromatic amines is 2. The van der Waals surface area contributed by atoms with Crippen LogP contribution in [0.3, 0.4) is 0 Å². The third kappa shape index (κ3) is 13.1. The van der Waals surface area contributed by atoms with E-state index in [2.05, 4.69) is 119 Å². The predicted octanol–water partition coefficient (Wildman–Crippen LogP) is 9.22. The van der Waals surface area contributed by atoms with Gasteiger partial charge in [-0.1, -0.05) is 109 Å². The third-order valence-corrected chi connectivity index (χ3v) is 15.5. The number of nitrogens with one attached hydrogen (secondary N) is 4. The number of benzene rings is 3. The third-order valence-electron chi connectivity index (χ3n) is 15.5. The molecule has 4 amide bonds. The van der Waals surface area contributed by atoms with Crippen LogP contribution in [0, 0.1) is 11.8 Å². The minimum atomic E-state index is -0.922. The highest BCUT2D eigenvalue weighted by Crippen LogP contribution is 2.50. The summed E-state index contributed by atoms with van der Waals surface area (Å²) in [5.74, 6) is 0.602. The standard InChI is InChI=1S/C60H81N9O10/c1-36(2)48(66-59(73)76-11)56(70)67-28-12-14-46(67)54-62-34-44(64-54)38-16-20-40(21-17-38)49-52(77-32-30-74-9)53(78-33-31-75-10)50(69(49)43-26-24-42(25-27-43)60(5,6)7)41-22-18-39(19-23-41)45-35-63-55(65-45)47-15-13-29-68(47)57(71)51(37(3)4)79-58(72)61-8/h16-27,34-37,46-53H,12-15,28-33H2,1-11H3,(H,61,72)(H,62,64)(H,63,65)(H,66,73)/t46-,47-,48-,49-,50-,51-,52+,53+/m0/s1. The Hall–Kier alpha value is -6.80. The van der Waals surface area contributed by atoms with Crippen LogP contribution in [0.5, 0.6) is 0 Å². The van der Waals surface area contributed by atoms with Gasteiger partial charge in [0.05, 0.1) is 81.5 Å². The van der Waals surface area contributed by atoms with Gasteiger partial charge in [0.15, 0.2) is 6.10 Å². The Balaban J connectivity index is 1.13. The van der Waals surface area contributed by atoms with Crippen molar-refractivity contribution in [3.8, 4) is 22.5 Å². The van der Waals surface area contributed by atoms with Gasteiger partial charge in [0.25, 0.3) is 5.91 Å². The molecule has 2 aromatic heterocycles. The molecule has 5 aromatic rings. The van der Waals surface area contributed by atoms with Crippen LogP contribution < -0.4 is 15.5 Å². The van der Waals surface area contributed by atoms with E-state index in [-0.39, 0.29) is 53.2 Å². The first kappa shape index (κ1) is 58.4. The molecule has 0 unspecified atom stereocenters. The number of nitrogens with zero attached hydrogens (tertiary/aromatic N) is 5. The summed E-state index contributed by atoms with van der Waals surface area (Å²) >= 11 is 0. The Morgan fingerprint density at radius 3 is 1.54 bits per heavy atom. The number of anilines is 1. The van der Waals surface area contributed by atoms with Crippen LogP contribution in [0.15, 0.2) is 85.2 Å². The molecule has 8 rings (SSSR count). The lowest BCUT2D eigenvalue weighted by atomic mass is 9.87. The number of aromatic nitrogens is 4. The van der Waals surface area contributed by atoms with E-state index in [0.29, 0.717) is 51.2 Å². The number of alkyl carbamates (subject to hydrolysis) is 2. The number of likely N-dealkylation sites (tertiary alicyclic amines) is 2. The fraction of sp³-hybridized carbons (Fsp3) is 0.533. The molecular formula is C60H81N9O10. The zero-order chi connectivity index (χ0) is 56.5. The van der Waals surface area contributed by atoms with Crippen LogP contribution in [0.1, 0.15) is 127 Å². The van der Waals surface area contributed by atoms with Gasteiger partial charge >= 0.3 is 12.2 Å². The number of rotatable bonds is 21. The molecule has 0 aliphatic carbocycles. The number of hydrogen-bond acceptors (Lipinski definition) is 13. The second-order valence-electron chi connectivity index (χ2n) is 22.4. The van der Waals surface area contributed by atoms with E-state index in [1.54, 1.807) is 19.1 Å². The fourth-order valence-corrected chi connectivity index (χ4v) is 11.3. The first-order valence-electron chi connectivity index (χ1n) is 27.7. The number of carbonyl (C=O) groups excluding carboxylic acids is 4. The Labute approximate surface area is 464 Å². The van der Waals surface area contributed by atoms with Crippen LogP contribution in [-0.2, 0) is 43.4 Å². The molecule has 0 saturated carbocycles. The Kier molecular flexibility index (Phi) is 19.2. The van der Waals surface area contributed by atoms with Gasteiger partial charge in [-0.3, -0.25) is 9.59 Å². The average molecular weight is 1090 g/mol. The van der Waals surface area contributed by atoms with Crippen molar-refractivity contribution in [2.75, 3.05) is 72.8 Å². The maximum Gasteiger partial charge on any atom is 0.407 e. The Bertz CT molecular complexity index is 2650. The molecule has 19 heteroatoms. The number of amides is 4. The van der Waals surface area contributed by atoms with Crippen molar-refractivity contribution in [3.05, 3.63) is 114 Å². The summed E-state index contributed by atoms with van der Waals surface area (Å²) in [6.07, 6.45) is 3.55. The fourth-order valence-electron chi connectivity index (χ4n) is 11.3. The van der Waals surface area contributed by atoms with E-state index in [9.17, 15) is 19.2 Å². The second-order valence-corrected chi connectivity index (χ2v) is 22.4. The summed E-state index contributed by atoms with van der Waals surface area (Å²) in [5, 5.41) is 5.20. The Morgan fingerprint density at radius 2 is 1.13 bits per heavy atom. The molecule has 79 heavy (non-hydrogen) atoms. The molecule has 0 spiro atoms. The lowest BCUT2D eigenvalue weighted by Crippen LogP contribution is -2.51. The molecule has 19 nitrogen and oxygen atoms in total. The first-order chi connectivity index (χ1) is 38.0. The molecular weight excluding hydrogens is 1010 g/mol. The first-order valence-corrected chi connectivity index (χ1v) is 27.7. The summed E-state index contributed by atoms with van der Waals surface area (Å²) in [5.41, 5.74) is 7.62. The molecule has 3 aliphatic heterocycles. The lowest BCUT2D eigenvalue weighted by molar-refractivity contribution is -0.143. The maximum atomic E-state index is 13.9. The van der Waals surface area contributed by atoms with E-state index in [1.807, 2.05) is 45.0 Å². The van der Waals surface area contributed by atoms with Crippen LogP contribution in [-0.4, -0.2) is 146 Å². The Morgan fingerprint density at radius 1 is 0.646 bits per heavy atom. The van der Waals surface area contributed by atoms with Crippen molar-refractivity contribution in [2.45, 2.75) is 128 Å². The number of methoxy groups -OCH3 is 3.